The minimum Gasteiger partial charge on any atom is -0.355 e. The summed E-state index contributed by atoms with van der Waals surface area (Å²) in [5.74, 6) is 1.17. The molecule has 0 aliphatic heterocycles. The van der Waals surface area contributed by atoms with Crippen molar-refractivity contribution >= 4 is 5.82 Å². The van der Waals surface area contributed by atoms with E-state index in [2.05, 4.69) is 41.0 Å². The maximum atomic E-state index is 4.59. The Morgan fingerprint density at radius 1 is 1.20 bits per heavy atom. The van der Waals surface area contributed by atoms with E-state index >= 15 is 0 Å². The van der Waals surface area contributed by atoms with Gasteiger partial charge in [0.25, 0.3) is 0 Å². The summed E-state index contributed by atoms with van der Waals surface area (Å²) < 4.78 is 0. The van der Waals surface area contributed by atoms with Crippen LogP contribution in [0.4, 0.5) is 5.82 Å². The number of nitrogens with zero attached hydrogens (tertiary/aromatic N) is 3. The monoisotopic (exact) mass is 276 g/mol. The molecule has 1 heterocycles. The summed E-state index contributed by atoms with van der Waals surface area (Å²) in [7, 11) is 0. The van der Waals surface area contributed by atoms with Crippen LogP contribution in [-0.4, -0.2) is 35.6 Å². The largest absolute Gasteiger partial charge is 0.355 e. The third-order valence-electron chi connectivity index (χ3n) is 3.97. The molecule has 0 aromatic carbocycles. The van der Waals surface area contributed by atoms with Crippen LogP contribution in [0.1, 0.15) is 51.3 Å². The van der Waals surface area contributed by atoms with E-state index in [1.165, 1.54) is 36.3 Å². The Balaban J connectivity index is 2.12. The van der Waals surface area contributed by atoms with E-state index in [4.69, 9.17) is 0 Å². The van der Waals surface area contributed by atoms with Crippen LogP contribution in [0.5, 0.6) is 0 Å². The van der Waals surface area contributed by atoms with Crippen LogP contribution in [0.15, 0.2) is 6.33 Å². The van der Waals surface area contributed by atoms with Crippen molar-refractivity contribution in [3.8, 4) is 0 Å². The average molecular weight is 276 g/mol. The van der Waals surface area contributed by atoms with Crippen LogP contribution in [-0.2, 0) is 12.8 Å². The predicted molar refractivity (Wildman–Crippen MR) is 84.3 cm³/mol. The average Bonchev–Trinajstić information content (AvgIpc) is 2.68. The second-order valence-electron chi connectivity index (χ2n) is 5.87. The summed E-state index contributed by atoms with van der Waals surface area (Å²) >= 11 is 0. The fourth-order valence-electron chi connectivity index (χ4n) is 2.86. The van der Waals surface area contributed by atoms with Gasteiger partial charge in [0, 0.05) is 36.9 Å². The normalized spacial score (nSPS) is 15.0. The number of hydrogen-bond acceptors (Lipinski definition) is 4. The van der Waals surface area contributed by atoms with Gasteiger partial charge in [-0.3, -0.25) is 0 Å². The molecule has 0 spiro atoms. The Morgan fingerprint density at radius 3 is 2.75 bits per heavy atom. The summed E-state index contributed by atoms with van der Waals surface area (Å²) in [4.78, 5) is 11.5. The van der Waals surface area contributed by atoms with Crippen molar-refractivity contribution in [3.05, 3.63) is 17.6 Å². The second-order valence-corrected chi connectivity index (χ2v) is 5.87. The molecule has 112 valence electrons. The molecule has 0 unspecified atom stereocenters. The number of aromatic nitrogens is 2. The molecule has 4 heteroatoms. The molecule has 2 rings (SSSR count). The summed E-state index contributed by atoms with van der Waals surface area (Å²) in [5, 5.41) is 3.49. The molecular formula is C16H28N4. The van der Waals surface area contributed by atoms with Gasteiger partial charge in [-0.2, -0.15) is 0 Å². The minimum atomic E-state index is 0.538. The predicted octanol–water partition coefficient (Wildman–Crippen LogP) is 2.57. The van der Waals surface area contributed by atoms with Crippen LogP contribution in [0.2, 0.25) is 0 Å². The number of likely N-dealkylation sites (N-methyl/N-ethyl adjacent to an activating group) is 1. The Hall–Kier alpha value is -1.16. The lowest BCUT2D eigenvalue weighted by Crippen LogP contribution is -2.36. The van der Waals surface area contributed by atoms with Gasteiger partial charge in [-0.1, -0.05) is 20.3 Å². The van der Waals surface area contributed by atoms with Crippen molar-refractivity contribution < 1.29 is 0 Å². The Morgan fingerprint density at radius 2 is 2.00 bits per heavy atom. The standard InChI is InChI=1S/C16H28N4/c1-4-20(11-10-17-13(2)3)16-14-8-6-5-7-9-15(14)18-12-19-16/h12-13,17H,4-11H2,1-3H3. The Bertz CT molecular complexity index is 417. The third-order valence-corrected chi connectivity index (χ3v) is 3.97. The van der Waals surface area contributed by atoms with E-state index in [0.717, 1.165) is 32.5 Å². The maximum absolute atomic E-state index is 4.59. The first-order valence-corrected chi connectivity index (χ1v) is 8.03. The van der Waals surface area contributed by atoms with Crippen LogP contribution in [0.3, 0.4) is 0 Å². The molecule has 0 bridgehead atoms. The van der Waals surface area contributed by atoms with E-state index in [-0.39, 0.29) is 0 Å². The van der Waals surface area contributed by atoms with Crippen LogP contribution in [0.25, 0.3) is 0 Å². The zero-order valence-corrected chi connectivity index (χ0v) is 13.2. The van der Waals surface area contributed by atoms with E-state index < -0.39 is 0 Å². The highest BCUT2D eigenvalue weighted by molar-refractivity contribution is 5.49. The lowest BCUT2D eigenvalue weighted by Gasteiger charge is -2.25. The first kappa shape index (κ1) is 15.2. The van der Waals surface area contributed by atoms with Gasteiger partial charge in [-0.25, -0.2) is 9.97 Å². The van der Waals surface area contributed by atoms with Gasteiger partial charge in [-0.05, 0) is 32.6 Å². The number of nitrogens with one attached hydrogen (secondary N) is 1. The van der Waals surface area contributed by atoms with Crippen LogP contribution in [0, 0.1) is 0 Å². The Labute approximate surface area is 123 Å². The van der Waals surface area contributed by atoms with Gasteiger partial charge in [0.05, 0.1) is 0 Å². The molecule has 0 saturated heterocycles. The smallest absolute Gasteiger partial charge is 0.135 e. The molecule has 4 nitrogen and oxygen atoms in total. The number of fused-ring (bicyclic) bond motifs is 1. The highest BCUT2D eigenvalue weighted by Gasteiger charge is 2.17. The first-order valence-electron chi connectivity index (χ1n) is 8.03. The molecule has 1 aromatic rings. The molecule has 1 aromatic heterocycles. The van der Waals surface area contributed by atoms with Gasteiger partial charge in [-0.15, -0.1) is 0 Å². The van der Waals surface area contributed by atoms with Crippen LogP contribution >= 0.6 is 0 Å². The molecule has 20 heavy (non-hydrogen) atoms. The first-order chi connectivity index (χ1) is 9.72. The molecule has 0 atom stereocenters. The van der Waals surface area contributed by atoms with Crippen LogP contribution < -0.4 is 10.2 Å². The van der Waals surface area contributed by atoms with Crippen molar-refractivity contribution in [2.75, 3.05) is 24.5 Å². The number of aryl methyl sites for hydroxylation is 1. The van der Waals surface area contributed by atoms with Crippen molar-refractivity contribution in [1.82, 2.24) is 15.3 Å². The molecule has 0 amide bonds. The van der Waals surface area contributed by atoms with Crippen molar-refractivity contribution in [2.45, 2.75) is 58.9 Å². The van der Waals surface area contributed by atoms with E-state index in [9.17, 15) is 0 Å². The highest BCUT2D eigenvalue weighted by Crippen LogP contribution is 2.26. The van der Waals surface area contributed by atoms with Gasteiger partial charge in [0.15, 0.2) is 0 Å². The van der Waals surface area contributed by atoms with Gasteiger partial charge in [0.2, 0.25) is 0 Å². The Kier molecular flexibility index (Phi) is 5.77. The minimum absolute atomic E-state index is 0.538. The van der Waals surface area contributed by atoms with Gasteiger partial charge in [0.1, 0.15) is 12.1 Å². The molecule has 0 saturated carbocycles. The highest BCUT2D eigenvalue weighted by atomic mass is 15.2. The lowest BCUT2D eigenvalue weighted by molar-refractivity contribution is 0.581. The van der Waals surface area contributed by atoms with Gasteiger partial charge < -0.3 is 10.2 Å². The molecule has 1 N–H and O–H groups in total. The molecule has 1 aliphatic rings. The van der Waals surface area contributed by atoms with E-state index in [1.807, 2.05) is 0 Å². The molecular weight excluding hydrogens is 248 g/mol. The summed E-state index contributed by atoms with van der Waals surface area (Å²) in [6.45, 7) is 9.60. The summed E-state index contributed by atoms with van der Waals surface area (Å²) in [6.07, 6.45) is 7.86. The lowest BCUT2D eigenvalue weighted by atomic mass is 10.1. The summed E-state index contributed by atoms with van der Waals surface area (Å²) in [5.41, 5.74) is 2.68. The fourth-order valence-corrected chi connectivity index (χ4v) is 2.86. The number of anilines is 1. The van der Waals surface area contributed by atoms with Gasteiger partial charge >= 0.3 is 0 Å². The van der Waals surface area contributed by atoms with Crippen molar-refractivity contribution in [3.63, 3.8) is 0 Å². The summed E-state index contributed by atoms with van der Waals surface area (Å²) in [6, 6.07) is 0.538. The van der Waals surface area contributed by atoms with Crippen molar-refractivity contribution in [1.29, 1.82) is 0 Å². The number of rotatable bonds is 6. The SMILES string of the molecule is CCN(CCNC(C)C)c1ncnc2c1CCCCC2. The van der Waals surface area contributed by atoms with E-state index in [1.54, 1.807) is 6.33 Å². The second kappa shape index (κ2) is 7.58. The molecule has 0 fully saturated rings. The van der Waals surface area contributed by atoms with E-state index in [0.29, 0.717) is 6.04 Å². The zero-order valence-electron chi connectivity index (χ0n) is 13.2. The fraction of sp³-hybridized carbons (Fsp3) is 0.750. The number of hydrogen-bond donors (Lipinski definition) is 1. The zero-order chi connectivity index (χ0) is 14.4. The van der Waals surface area contributed by atoms with Crippen molar-refractivity contribution in [2.24, 2.45) is 0 Å². The molecule has 1 aliphatic carbocycles. The third kappa shape index (κ3) is 3.92. The topological polar surface area (TPSA) is 41.0 Å². The molecule has 0 radical (unpaired) electrons. The quantitative estimate of drug-likeness (QED) is 0.811. The maximum Gasteiger partial charge on any atom is 0.135 e.